The molecule has 6 nitrogen and oxygen atoms in total. The van der Waals surface area contributed by atoms with E-state index in [-0.39, 0.29) is 10.8 Å². The molecule has 1 heterocycles. The Balaban J connectivity index is 2.13. The molecule has 0 atom stereocenters. The van der Waals surface area contributed by atoms with Crippen LogP contribution in [-0.4, -0.2) is 13.6 Å². The Kier molecular flexibility index (Phi) is 3.06. The molecule has 0 aliphatic heterocycles. The molecule has 0 bridgehead atoms. The van der Waals surface area contributed by atoms with Crippen molar-refractivity contribution in [1.29, 1.82) is 0 Å². The van der Waals surface area contributed by atoms with Gasteiger partial charge in [0.1, 0.15) is 0 Å². The minimum absolute atomic E-state index is 0.0772. The molecule has 3 aromatic rings. The van der Waals surface area contributed by atoms with Crippen LogP contribution in [-0.2, 0) is 10.0 Å². The highest BCUT2D eigenvalue weighted by Gasteiger charge is 2.20. The average molecular weight is 303 g/mol. The molecule has 21 heavy (non-hydrogen) atoms. The number of fused-ring (bicyclic) bond motifs is 1. The molecule has 1 aromatic heterocycles. The van der Waals surface area contributed by atoms with Crippen molar-refractivity contribution >= 4 is 32.4 Å². The summed E-state index contributed by atoms with van der Waals surface area (Å²) in [6.07, 6.45) is 0. The van der Waals surface area contributed by atoms with Gasteiger partial charge >= 0.3 is 0 Å². The standard InChI is InChI=1S/C14H13N3O3S/c1-9-8-14(20-16-9)17-21(18,19)13-7-6-12(15)10-4-2-3-5-11(10)13/h2-8,17H,15H2,1H3. The minimum Gasteiger partial charge on any atom is -0.398 e. The van der Waals surface area contributed by atoms with Crippen LogP contribution in [0.2, 0.25) is 0 Å². The van der Waals surface area contributed by atoms with E-state index in [0.717, 1.165) is 0 Å². The zero-order valence-electron chi connectivity index (χ0n) is 11.2. The van der Waals surface area contributed by atoms with Crippen molar-refractivity contribution in [3.05, 3.63) is 48.2 Å². The summed E-state index contributed by atoms with van der Waals surface area (Å²) in [5, 5.41) is 4.89. The van der Waals surface area contributed by atoms with Gasteiger partial charge in [0.15, 0.2) is 0 Å². The second-order valence-corrected chi connectivity index (χ2v) is 6.29. The molecule has 0 saturated heterocycles. The number of hydrogen-bond acceptors (Lipinski definition) is 5. The van der Waals surface area contributed by atoms with E-state index in [0.29, 0.717) is 22.2 Å². The summed E-state index contributed by atoms with van der Waals surface area (Å²) in [7, 11) is -3.78. The molecule has 2 aromatic carbocycles. The SMILES string of the molecule is Cc1cc(NS(=O)(=O)c2ccc(N)c3ccccc23)on1. The van der Waals surface area contributed by atoms with Gasteiger partial charge in [-0.25, -0.2) is 13.1 Å². The van der Waals surface area contributed by atoms with Crippen LogP contribution in [0.4, 0.5) is 11.6 Å². The Morgan fingerprint density at radius 3 is 2.52 bits per heavy atom. The molecular weight excluding hydrogens is 290 g/mol. The first kappa shape index (κ1) is 13.4. The van der Waals surface area contributed by atoms with Gasteiger partial charge < -0.3 is 10.3 Å². The van der Waals surface area contributed by atoms with Gasteiger partial charge in [-0.15, -0.1) is 0 Å². The topological polar surface area (TPSA) is 98.2 Å². The molecule has 7 heteroatoms. The second kappa shape index (κ2) is 4.78. The predicted octanol–water partition coefficient (Wildman–Crippen LogP) is 2.52. The number of benzene rings is 2. The quantitative estimate of drug-likeness (QED) is 0.724. The van der Waals surface area contributed by atoms with Crippen LogP contribution in [0.5, 0.6) is 0 Å². The van der Waals surface area contributed by atoms with Gasteiger partial charge in [0.05, 0.1) is 10.6 Å². The van der Waals surface area contributed by atoms with Gasteiger partial charge in [-0.2, -0.15) is 0 Å². The maximum Gasteiger partial charge on any atom is 0.264 e. The number of anilines is 2. The van der Waals surface area contributed by atoms with E-state index < -0.39 is 10.0 Å². The number of hydrogen-bond donors (Lipinski definition) is 2. The van der Waals surface area contributed by atoms with Gasteiger partial charge in [0.2, 0.25) is 5.88 Å². The summed E-state index contributed by atoms with van der Waals surface area (Å²) in [4.78, 5) is 0.140. The number of aromatic nitrogens is 1. The lowest BCUT2D eigenvalue weighted by molar-refractivity contribution is 0.430. The van der Waals surface area contributed by atoms with E-state index in [1.54, 1.807) is 31.2 Å². The van der Waals surface area contributed by atoms with Crippen LogP contribution >= 0.6 is 0 Å². The number of nitrogens with two attached hydrogens (primary N) is 1. The average Bonchev–Trinajstić information content (AvgIpc) is 2.83. The van der Waals surface area contributed by atoms with Crippen molar-refractivity contribution < 1.29 is 12.9 Å². The van der Waals surface area contributed by atoms with Crippen LogP contribution < -0.4 is 10.5 Å². The van der Waals surface area contributed by atoms with Crippen molar-refractivity contribution in [2.24, 2.45) is 0 Å². The first-order chi connectivity index (χ1) is 9.97. The maximum absolute atomic E-state index is 12.5. The van der Waals surface area contributed by atoms with E-state index in [2.05, 4.69) is 9.88 Å². The summed E-state index contributed by atoms with van der Waals surface area (Å²) in [5.41, 5.74) is 7.00. The molecule has 0 aliphatic rings. The fraction of sp³-hybridized carbons (Fsp3) is 0.0714. The summed E-state index contributed by atoms with van der Waals surface area (Å²) >= 11 is 0. The molecule has 0 fully saturated rings. The smallest absolute Gasteiger partial charge is 0.264 e. The zero-order valence-corrected chi connectivity index (χ0v) is 12.0. The van der Waals surface area contributed by atoms with Gasteiger partial charge in [0, 0.05) is 22.5 Å². The number of nitrogens with one attached hydrogen (secondary N) is 1. The third-order valence-electron chi connectivity index (χ3n) is 3.07. The van der Waals surface area contributed by atoms with Crippen LogP contribution in [0.25, 0.3) is 10.8 Å². The van der Waals surface area contributed by atoms with Crippen molar-refractivity contribution in [2.75, 3.05) is 10.5 Å². The molecule has 3 N–H and O–H groups in total. The van der Waals surface area contributed by atoms with Crippen LogP contribution in [0, 0.1) is 6.92 Å². The highest BCUT2D eigenvalue weighted by atomic mass is 32.2. The molecule has 108 valence electrons. The van der Waals surface area contributed by atoms with E-state index in [4.69, 9.17) is 10.3 Å². The van der Waals surface area contributed by atoms with E-state index in [1.165, 1.54) is 12.1 Å². The molecule has 0 amide bonds. The summed E-state index contributed by atoms with van der Waals surface area (Å²) < 4.78 is 32.3. The van der Waals surface area contributed by atoms with Gasteiger partial charge in [0.25, 0.3) is 10.0 Å². The van der Waals surface area contributed by atoms with Gasteiger partial charge in [-0.05, 0) is 19.1 Å². The third-order valence-corrected chi connectivity index (χ3v) is 4.48. The van der Waals surface area contributed by atoms with Crippen molar-refractivity contribution in [1.82, 2.24) is 5.16 Å². The first-order valence-electron chi connectivity index (χ1n) is 6.21. The lowest BCUT2D eigenvalue weighted by atomic mass is 10.1. The highest BCUT2D eigenvalue weighted by molar-refractivity contribution is 7.93. The van der Waals surface area contributed by atoms with E-state index in [1.807, 2.05) is 6.07 Å². The minimum atomic E-state index is -3.78. The molecule has 0 aliphatic carbocycles. The molecule has 0 spiro atoms. The van der Waals surface area contributed by atoms with Crippen molar-refractivity contribution in [2.45, 2.75) is 11.8 Å². The summed E-state index contributed by atoms with van der Waals surface area (Å²) in [6, 6.07) is 11.6. The number of aryl methyl sites for hydroxylation is 1. The van der Waals surface area contributed by atoms with Crippen molar-refractivity contribution in [3.8, 4) is 0 Å². The third kappa shape index (κ3) is 2.43. The fourth-order valence-corrected chi connectivity index (χ4v) is 3.31. The number of rotatable bonds is 3. The summed E-state index contributed by atoms with van der Waals surface area (Å²) in [6.45, 7) is 1.71. The van der Waals surface area contributed by atoms with Crippen molar-refractivity contribution in [3.63, 3.8) is 0 Å². The second-order valence-electron chi connectivity index (χ2n) is 4.64. The Morgan fingerprint density at radius 2 is 1.86 bits per heavy atom. The molecular formula is C14H13N3O3S. The Hall–Kier alpha value is -2.54. The molecule has 0 radical (unpaired) electrons. The highest BCUT2D eigenvalue weighted by Crippen LogP contribution is 2.28. The Morgan fingerprint density at radius 1 is 1.14 bits per heavy atom. The van der Waals surface area contributed by atoms with E-state index in [9.17, 15) is 8.42 Å². The van der Waals surface area contributed by atoms with Gasteiger partial charge in [-0.3, -0.25) is 0 Å². The van der Waals surface area contributed by atoms with E-state index >= 15 is 0 Å². The molecule has 0 saturated carbocycles. The Bertz CT molecular complexity index is 916. The lowest BCUT2D eigenvalue weighted by Gasteiger charge is -2.09. The van der Waals surface area contributed by atoms with Gasteiger partial charge in [-0.1, -0.05) is 29.4 Å². The normalized spacial score (nSPS) is 11.7. The summed E-state index contributed by atoms with van der Waals surface area (Å²) in [5.74, 6) is 0.0772. The Labute approximate surface area is 121 Å². The first-order valence-corrected chi connectivity index (χ1v) is 7.69. The molecule has 3 rings (SSSR count). The number of nitrogen functional groups attached to an aromatic ring is 1. The molecule has 0 unspecified atom stereocenters. The van der Waals surface area contributed by atoms with Crippen LogP contribution in [0.1, 0.15) is 5.69 Å². The zero-order chi connectivity index (χ0) is 15.0. The number of nitrogens with zero attached hydrogens (tertiary/aromatic N) is 1. The van der Waals surface area contributed by atoms with Crippen LogP contribution in [0.15, 0.2) is 51.9 Å². The predicted molar refractivity (Wildman–Crippen MR) is 80.4 cm³/mol. The monoisotopic (exact) mass is 303 g/mol. The fourth-order valence-electron chi connectivity index (χ4n) is 2.13. The largest absolute Gasteiger partial charge is 0.398 e. The number of sulfonamides is 1. The lowest BCUT2D eigenvalue weighted by Crippen LogP contribution is -2.13. The van der Waals surface area contributed by atoms with Crippen LogP contribution in [0.3, 0.4) is 0 Å². The maximum atomic E-state index is 12.5.